The number of nitriles is 1. The van der Waals surface area contributed by atoms with Crippen LogP contribution in [0.4, 0.5) is 0 Å². The summed E-state index contributed by atoms with van der Waals surface area (Å²) >= 11 is 2.11. The van der Waals surface area contributed by atoms with E-state index >= 15 is 0 Å². The molecule has 0 radical (unpaired) electrons. The maximum atomic E-state index is 11.6. The van der Waals surface area contributed by atoms with E-state index in [2.05, 4.69) is 22.6 Å². The van der Waals surface area contributed by atoms with E-state index in [1.807, 2.05) is 19.1 Å². The zero-order chi connectivity index (χ0) is 11.4. The number of ether oxygens (including phenoxy) is 1. The summed E-state index contributed by atoms with van der Waals surface area (Å²) in [7, 11) is 0. The molecule has 0 aliphatic rings. The van der Waals surface area contributed by atoms with Gasteiger partial charge in [0.2, 0.25) is 0 Å². The highest BCUT2D eigenvalue weighted by molar-refractivity contribution is 14.1. The van der Waals surface area contributed by atoms with E-state index in [0.29, 0.717) is 17.7 Å². The van der Waals surface area contributed by atoms with Crippen LogP contribution in [0.2, 0.25) is 0 Å². The fourth-order valence-electron chi connectivity index (χ4n) is 1.26. The minimum Gasteiger partial charge on any atom is -0.462 e. The van der Waals surface area contributed by atoms with Gasteiger partial charge in [0.05, 0.1) is 17.7 Å². The van der Waals surface area contributed by atoms with Crippen LogP contribution in [0.25, 0.3) is 0 Å². The molecule has 0 aromatic heterocycles. The second-order valence-corrected chi connectivity index (χ2v) is 4.22. The van der Waals surface area contributed by atoms with E-state index < -0.39 is 5.97 Å². The molecular formula is C11H10INO2. The molecule has 1 aromatic rings. The molecule has 0 fully saturated rings. The van der Waals surface area contributed by atoms with Gasteiger partial charge in [-0.1, -0.05) is 0 Å². The van der Waals surface area contributed by atoms with E-state index in [-0.39, 0.29) is 0 Å². The summed E-state index contributed by atoms with van der Waals surface area (Å²) in [5, 5.41) is 8.95. The summed E-state index contributed by atoms with van der Waals surface area (Å²) in [6.45, 7) is 3.86. The number of benzene rings is 1. The predicted octanol–water partition coefficient (Wildman–Crippen LogP) is 2.65. The molecule has 0 bridgehead atoms. The van der Waals surface area contributed by atoms with E-state index in [0.717, 1.165) is 9.13 Å². The van der Waals surface area contributed by atoms with Crippen molar-refractivity contribution >= 4 is 28.6 Å². The lowest BCUT2D eigenvalue weighted by Gasteiger charge is -2.06. The SMILES string of the molecule is CCOC(=O)c1cc(I)cc(C)c1C#N. The fourth-order valence-corrected chi connectivity index (χ4v) is 2.04. The van der Waals surface area contributed by atoms with Crippen LogP contribution in [0.15, 0.2) is 12.1 Å². The van der Waals surface area contributed by atoms with Crippen LogP contribution in [0.1, 0.15) is 28.4 Å². The van der Waals surface area contributed by atoms with Crippen molar-refractivity contribution in [3.05, 3.63) is 32.4 Å². The van der Waals surface area contributed by atoms with Crippen LogP contribution < -0.4 is 0 Å². The van der Waals surface area contributed by atoms with E-state index in [1.54, 1.807) is 13.0 Å². The van der Waals surface area contributed by atoms with Gasteiger partial charge in [-0.3, -0.25) is 0 Å². The molecule has 15 heavy (non-hydrogen) atoms. The summed E-state index contributed by atoms with van der Waals surface area (Å²) in [5.41, 5.74) is 1.55. The minimum absolute atomic E-state index is 0.314. The topological polar surface area (TPSA) is 50.1 Å². The van der Waals surface area contributed by atoms with Gasteiger partial charge < -0.3 is 4.74 Å². The Kier molecular flexibility index (Phi) is 4.09. The number of hydrogen-bond acceptors (Lipinski definition) is 3. The first kappa shape index (κ1) is 12.0. The number of hydrogen-bond donors (Lipinski definition) is 0. The Hall–Kier alpha value is -1.09. The van der Waals surface area contributed by atoms with Gasteiger partial charge in [-0.2, -0.15) is 5.26 Å². The number of carbonyl (C=O) groups is 1. The highest BCUT2D eigenvalue weighted by Crippen LogP contribution is 2.18. The van der Waals surface area contributed by atoms with E-state index in [4.69, 9.17) is 10.00 Å². The van der Waals surface area contributed by atoms with Gasteiger partial charge in [0, 0.05) is 3.57 Å². The molecule has 0 saturated heterocycles. The second kappa shape index (κ2) is 5.12. The summed E-state index contributed by atoms with van der Waals surface area (Å²) < 4.78 is 5.81. The monoisotopic (exact) mass is 315 g/mol. The second-order valence-electron chi connectivity index (χ2n) is 2.98. The van der Waals surface area contributed by atoms with E-state index in [9.17, 15) is 4.79 Å². The van der Waals surface area contributed by atoms with Gasteiger partial charge in [0.1, 0.15) is 6.07 Å². The predicted molar refractivity (Wildman–Crippen MR) is 64.6 cm³/mol. The van der Waals surface area contributed by atoms with Crippen LogP contribution in [0.3, 0.4) is 0 Å². The molecule has 0 spiro atoms. The minimum atomic E-state index is -0.435. The average molecular weight is 315 g/mol. The summed E-state index contributed by atoms with van der Waals surface area (Å²) in [4.78, 5) is 11.6. The molecule has 4 heteroatoms. The molecule has 0 heterocycles. The first-order valence-electron chi connectivity index (χ1n) is 4.47. The van der Waals surface area contributed by atoms with Crippen LogP contribution in [-0.2, 0) is 4.74 Å². The van der Waals surface area contributed by atoms with Crippen molar-refractivity contribution in [2.75, 3.05) is 6.61 Å². The normalized spacial score (nSPS) is 9.47. The molecule has 78 valence electrons. The highest BCUT2D eigenvalue weighted by Gasteiger charge is 2.15. The number of esters is 1. The molecule has 1 aromatic carbocycles. The third kappa shape index (κ3) is 2.69. The lowest BCUT2D eigenvalue weighted by atomic mass is 10.0. The van der Waals surface area contributed by atoms with Gasteiger partial charge in [-0.25, -0.2) is 4.79 Å². The van der Waals surface area contributed by atoms with Gasteiger partial charge in [-0.15, -0.1) is 0 Å². The Labute approximate surface area is 102 Å². The third-order valence-corrected chi connectivity index (χ3v) is 2.53. The van der Waals surface area contributed by atoms with Crippen molar-refractivity contribution in [1.29, 1.82) is 5.26 Å². The molecule has 0 aliphatic heterocycles. The first-order chi connectivity index (χ1) is 7.10. The van der Waals surface area contributed by atoms with Gasteiger partial charge >= 0.3 is 5.97 Å². The number of halogens is 1. The van der Waals surface area contributed by atoms with Crippen molar-refractivity contribution < 1.29 is 9.53 Å². The lowest BCUT2D eigenvalue weighted by Crippen LogP contribution is -2.08. The van der Waals surface area contributed by atoms with Gasteiger partial charge in [0.15, 0.2) is 0 Å². The molecule has 0 aliphatic carbocycles. The largest absolute Gasteiger partial charge is 0.462 e. The number of aryl methyl sites for hydroxylation is 1. The fraction of sp³-hybridized carbons (Fsp3) is 0.273. The van der Waals surface area contributed by atoms with Crippen LogP contribution in [0.5, 0.6) is 0 Å². The van der Waals surface area contributed by atoms with Crippen LogP contribution >= 0.6 is 22.6 Å². The van der Waals surface area contributed by atoms with Crippen molar-refractivity contribution in [3.8, 4) is 6.07 Å². The van der Waals surface area contributed by atoms with E-state index in [1.165, 1.54) is 0 Å². The summed E-state index contributed by atoms with van der Waals surface area (Å²) in [6.07, 6.45) is 0. The number of rotatable bonds is 2. The first-order valence-corrected chi connectivity index (χ1v) is 5.55. The van der Waals surface area contributed by atoms with Crippen molar-refractivity contribution in [1.82, 2.24) is 0 Å². The number of carbonyl (C=O) groups excluding carboxylic acids is 1. The summed E-state index contributed by atoms with van der Waals surface area (Å²) in [6, 6.07) is 5.56. The molecule has 0 amide bonds. The Morgan fingerprint density at radius 3 is 2.80 bits per heavy atom. The molecule has 0 unspecified atom stereocenters. The van der Waals surface area contributed by atoms with Crippen molar-refractivity contribution in [3.63, 3.8) is 0 Å². The Balaban J connectivity index is 3.28. The molecular weight excluding hydrogens is 305 g/mol. The van der Waals surface area contributed by atoms with Gasteiger partial charge in [-0.05, 0) is 54.1 Å². The molecule has 1 rings (SSSR count). The summed E-state index contributed by atoms with van der Waals surface area (Å²) in [5.74, 6) is -0.435. The van der Waals surface area contributed by atoms with Crippen LogP contribution in [0, 0.1) is 21.8 Å². The van der Waals surface area contributed by atoms with Crippen molar-refractivity contribution in [2.45, 2.75) is 13.8 Å². The highest BCUT2D eigenvalue weighted by atomic mass is 127. The smallest absolute Gasteiger partial charge is 0.339 e. The maximum absolute atomic E-state index is 11.6. The van der Waals surface area contributed by atoms with Gasteiger partial charge in [0.25, 0.3) is 0 Å². The zero-order valence-corrected chi connectivity index (χ0v) is 10.7. The van der Waals surface area contributed by atoms with Crippen LogP contribution in [-0.4, -0.2) is 12.6 Å². The molecule has 0 saturated carbocycles. The molecule has 0 N–H and O–H groups in total. The number of nitrogens with zero attached hydrogens (tertiary/aromatic N) is 1. The Morgan fingerprint density at radius 1 is 1.60 bits per heavy atom. The standard InChI is InChI=1S/C11H10INO2/c1-3-15-11(14)9-5-8(12)4-7(2)10(9)6-13/h4-5H,3H2,1-2H3. The Morgan fingerprint density at radius 2 is 2.27 bits per heavy atom. The average Bonchev–Trinajstić information content (AvgIpc) is 2.17. The zero-order valence-electron chi connectivity index (χ0n) is 8.50. The lowest BCUT2D eigenvalue weighted by molar-refractivity contribution is 0.0526. The van der Waals surface area contributed by atoms with Crippen molar-refractivity contribution in [2.24, 2.45) is 0 Å². The molecule has 0 atom stereocenters. The Bertz CT molecular complexity index is 435. The molecule has 3 nitrogen and oxygen atoms in total. The quantitative estimate of drug-likeness (QED) is 0.623. The maximum Gasteiger partial charge on any atom is 0.339 e. The third-order valence-electron chi connectivity index (χ3n) is 1.91.